The van der Waals surface area contributed by atoms with Gasteiger partial charge in [-0.25, -0.2) is 0 Å². The van der Waals surface area contributed by atoms with Crippen LogP contribution in [0.25, 0.3) is 5.57 Å². The van der Waals surface area contributed by atoms with Gasteiger partial charge in [0, 0.05) is 0 Å². The molecule has 0 aliphatic rings. The first kappa shape index (κ1) is 14.6. The number of nitriles is 2. The number of benzene rings is 1. The predicted octanol–water partition coefficient (Wildman–Crippen LogP) is 3.65. The molecule has 0 saturated heterocycles. The first-order chi connectivity index (χ1) is 8.91. The minimum Gasteiger partial charge on any atom is -0.406 e. The third-order valence-corrected chi connectivity index (χ3v) is 2.30. The normalized spacial score (nSPS) is 11.8. The van der Waals surface area contributed by atoms with Gasteiger partial charge >= 0.3 is 6.36 Å². The maximum Gasteiger partial charge on any atom is 0.573 e. The van der Waals surface area contributed by atoms with Crippen LogP contribution in [0.4, 0.5) is 13.2 Å². The lowest BCUT2D eigenvalue weighted by molar-refractivity contribution is -0.274. The second-order valence-electron chi connectivity index (χ2n) is 3.51. The number of ether oxygens (including phenoxy) is 1. The first-order valence-electron chi connectivity index (χ1n) is 5.23. The van der Waals surface area contributed by atoms with Crippen molar-refractivity contribution < 1.29 is 17.9 Å². The van der Waals surface area contributed by atoms with E-state index in [2.05, 4.69) is 4.74 Å². The average molecular weight is 266 g/mol. The third kappa shape index (κ3) is 4.04. The molecule has 0 unspecified atom stereocenters. The molecule has 0 aromatic heterocycles. The SMILES string of the molecule is CC=C(c1ccc(OC(F)(F)F)cc1)C(C#N)C#N. The molecule has 0 spiro atoms. The highest BCUT2D eigenvalue weighted by molar-refractivity contribution is 5.71. The lowest BCUT2D eigenvalue weighted by atomic mass is 9.94. The van der Waals surface area contributed by atoms with Crippen molar-refractivity contribution in [3.05, 3.63) is 35.9 Å². The Morgan fingerprint density at radius 1 is 1.21 bits per heavy atom. The van der Waals surface area contributed by atoms with E-state index in [-0.39, 0.29) is 5.75 Å². The molecule has 0 heterocycles. The van der Waals surface area contributed by atoms with Crippen molar-refractivity contribution >= 4 is 5.57 Å². The average Bonchev–Trinajstić information content (AvgIpc) is 2.35. The zero-order valence-corrected chi connectivity index (χ0v) is 9.90. The molecule has 1 aromatic rings. The summed E-state index contributed by atoms with van der Waals surface area (Å²) >= 11 is 0. The van der Waals surface area contributed by atoms with Crippen LogP contribution in [0.3, 0.4) is 0 Å². The smallest absolute Gasteiger partial charge is 0.406 e. The largest absolute Gasteiger partial charge is 0.573 e. The van der Waals surface area contributed by atoms with Crippen molar-refractivity contribution in [3.8, 4) is 17.9 Å². The summed E-state index contributed by atoms with van der Waals surface area (Å²) in [5.41, 5.74) is 0.952. The van der Waals surface area contributed by atoms with Crippen molar-refractivity contribution in [2.75, 3.05) is 0 Å². The summed E-state index contributed by atoms with van der Waals surface area (Å²) in [5, 5.41) is 17.6. The fraction of sp³-hybridized carbons (Fsp3) is 0.231. The number of hydrogen-bond donors (Lipinski definition) is 0. The predicted molar refractivity (Wildman–Crippen MR) is 61.5 cm³/mol. The number of alkyl halides is 3. The highest BCUT2D eigenvalue weighted by atomic mass is 19.4. The lowest BCUT2D eigenvalue weighted by Gasteiger charge is -2.11. The Kier molecular flexibility index (Phi) is 4.55. The van der Waals surface area contributed by atoms with Gasteiger partial charge in [-0.3, -0.25) is 0 Å². The summed E-state index contributed by atoms with van der Waals surface area (Å²) in [6, 6.07) is 8.65. The Balaban J connectivity index is 2.99. The number of allylic oxidation sites excluding steroid dienone is 2. The van der Waals surface area contributed by atoms with Gasteiger partial charge in [0.25, 0.3) is 0 Å². The first-order valence-corrected chi connectivity index (χ1v) is 5.23. The van der Waals surface area contributed by atoms with Gasteiger partial charge in [-0.15, -0.1) is 13.2 Å². The summed E-state index contributed by atoms with van der Waals surface area (Å²) in [4.78, 5) is 0. The standard InChI is InChI=1S/C13H9F3N2O/c1-2-12(10(7-17)8-18)9-3-5-11(6-4-9)19-13(14,15)16/h2-6,10H,1H3. The van der Waals surface area contributed by atoms with Gasteiger partial charge in [0.05, 0.1) is 12.1 Å². The van der Waals surface area contributed by atoms with Crippen molar-refractivity contribution in [2.45, 2.75) is 13.3 Å². The zero-order valence-electron chi connectivity index (χ0n) is 9.90. The van der Waals surface area contributed by atoms with Crippen molar-refractivity contribution in [3.63, 3.8) is 0 Å². The van der Waals surface area contributed by atoms with Crippen molar-refractivity contribution in [1.29, 1.82) is 10.5 Å². The Labute approximate surface area is 108 Å². The fourth-order valence-corrected chi connectivity index (χ4v) is 1.52. The molecule has 98 valence electrons. The van der Waals surface area contributed by atoms with Crippen molar-refractivity contribution in [1.82, 2.24) is 0 Å². The van der Waals surface area contributed by atoms with Crippen LogP contribution in [0.1, 0.15) is 12.5 Å². The fourth-order valence-electron chi connectivity index (χ4n) is 1.52. The van der Waals surface area contributed by atoms with E-state index in [0.717, 1.165) is 12.1 Å². The Bertz CT molecular complexity index is 533. The topological polar surface area (TPSA) is 56.8 Å². The molecule has 19 heavy (non-hydrogen) atoms. The minimum atomic E-state index is -4.74. The van der Waals surface area contributed by atoms with Gasteiger partial charge in [0.15, 0.2) is 5.92 Å². The molecule has 0 saturated carbocycles. The molecule has 0 bridgehead atoms. The van der Waals surface area contributed by atoms with Gasteiger partial charge < -0.3 is 4.74 Å². The van der Waals surface area contributed by atoms with Crippen LogP contribution in [0.15, 0.2) is 30.3 Å². The molecule has 0 aliphatic carbocycles. The molecule has 0 aliphatic heterocycles. The van der Waals surface area contributed by atoms with Crippen LogP contribution in [0, 0.1) is 28.6 Å². The van der Waals surface area contributed by atoms with Crippen LogP contribution < -0.4 is 4.74 Å². The number of hydrogen-bond acceptors (Lipinski definition) is 3. The highest BCUT2D eigenvalue weighted by Gasteiger charge is 2.31. The number of nitrogens with zero attached hydrogens (tertiary/aromatic N) is 2. The van der Waals surface area contributed by atoms with E-state index in [1.807, 2.05) is 12.1 Å². The molecular formula is C13H9F3N2O. The van der Waals surface area contributed by atoms with Gasteiger partial charge in [0.2, 0.25) is 0 Å². The maximum atomic E-state index is 12.0. The van der Waals surface area contributed by atoms with E-state index in [1.54, 1.807) is 13.0 Å². The Hall–Kier alpha value is -2.47. The Morgan fingerprint density at radius 3 is 2.11 bits per heavy atom. The second kappa shape index (κ2) is 5.92. The monoisotopic (exact) mass is 266 g/mol. The molecule has 0 N–H and O–H groups in total. The van der Waals surface area contributed by atoms with E-state index >= 15 is 0 Å². The van der Waals surface area contributed by atoms with Gasteiger partial charge in [-0.05, 0) is 30.2 Å². The summed E-state index contributed by atoms with van der Waals surface area (Å²) in [7, 11) is 0. The van der Waals surface area contributed by atoms with E-state index in [0.29, 0.717) is 11.1 Å². The van der Waals surface area contributed by atoms with E-state index < -0.39 is 12.3 Å². The third-order valence-electron chi connectivity index (χ3n) is 2.30. The molecule has 0 radical (unpaired) electrons. The minimum absolute atomic E-state index is 0.350. The summed E-state index contributed by atoms with van der Waals surface area (Å²) in [6.45, 7) is 1.65. The molecule has 1 rings (SSSR count). The van der Waals surface area contributed by atoms with Crippen molar-refractivity contribution in [2.24, 2.45) is 5.92 Å². The molecular weight excluding hydrogens is 257 g/mol. The molecule has 6 heteroatoms. The van der Waals surface area contributed by atoms with Crippen LogP contribution >= 0.6 is 0 Å². The van der Waals surface area contributed by atoms with Crippen LogP contribution in [0.5, 0.6) is 5.75 Å². The second-order valence-corrected chi connectivity index (χ2v) is 3.51. The summed E-state index contributed by atoms with van der Waals surface area (Å²) in [5.74, 6) is -1.31. The molecule has 0 fully saturated rings. The lowest BCUT2D eigenvalue weighted by Crippen LogP contribution is -2.17. The summed E-state index contributed by atoms with van der Waals surface area (Å²) in [6.07, 6.45) is -3.16. The quantitative estimate of drug-likeness (QED) is 0.839. The Morgan fingerprint density at radius 2 is 1.74 bits per heavy atom. The van der Waals surface area contributed by atoms with E-state index in [1.165, 1.54) is 12.1 Å². The molecule has 3 nitrogen and oxygen atoms in total. The van der Waals surface area contributed by atoms with E-state index in [4.69, 9.17) is 10.5 Å². The number of rotatable bonds is 3. The molecule has 0 atom stereocenters. The number of halogens is 3. The maximum absolute atomic E-state index is 12.0. The highest BCUT2D eigenvalue weighted by Crippen LogP contribution is 2.27. The van der Waals surface area contributed by atoms with Gasteiger partial charge in [0.1, 0.15) is 5.75 Å². The van der Waals surface area contributed by atoms with Crippen LogP contribution in [-0.4, -0.2) is 6.36 Å². The van der Waals surface area contributed by atoms with Gasteiger partial charge in [-0.2, -0.15) is 10.5 Å². The van der Waals surface area contributed by atoms with Gasteiger partial charge in [-0.1, -0.05) is 18.2 Å². The molecule has 1 aromatic carbocycles. The van der Waals surface area contributed by atoms with Crippen LogP contribution in [0.2, 0.25) is 0 Å². The summed E-state index contributed by atoms with van der Waals surface area (Å²) < 4.78 is 39.7. The zero-order chi connectivity index (χ0) is 14.5. The molecule has 0 amide bonds. The van der Waals surface area contributed by atoms with Crippen LogP contribution in [-0.2, 0) is 0 Å². The van der Waals surface area contributed by atoms with E-state index in [9.17, 15) is 13.2 Å².